The fourth-order valence-electron chi connectivity index (χ4n) is 3.04. The number of hydrogen-bond acceptors (Lipinski definition) is 3. The van der Waals surface area contributed by atoms with E-state index in [-0.39, 0.29) is 0 Å². The first kappa shape index (κ1) is 14.5. The van der Waals surface area contributed by atoms with E-state index in [0.717, 1.165) is 23.7 Å². The summed E-state index contributed by atoms with van der Waals surface area (Å²) in [6, 6.07) is 10.8. The Bertz CT molecular complexity index is 600. The molecule has 4 heteroatoms. The van der Waals surface area contributed by atoms with Crippen molar-refractivity contribution in [2.45, 2.75) is 32.0 Å². The topological polar surface area (TPSA) is 42.1 Å². The predicted molar refractivity (Wildman–Crippen MR) is 86.0 cm³/mol. The van der Waals surface area contributed by atoms with Gasteiger partial charge in [-0.1, -0.05) is 23.7 Å². The fourth-order valence-corrected chi connectivity index (χ4v) is 3.31. The molecule has 1 fully saturated rings. The van der Waals surface area contributed by atoms with Crippen molar-refractivity contribution in [2.75, 3.05) is 6.54 Å². The Morgan fingerprint density at radius 1 is 1.24 bits per heavy atom. The normalized spacial score (nSPS) is 19.0. The van der Waals surface area contributed by atoms with Gasteiger partial charge in [0.15, 0.2) is 0 Å². The molecule has 2 aromatic rings. The van der Waals surface area contributed by atoms with Crippen LogP contribution in [-0.2, 0) is 13.1 Å². The lowest BCUT2D eigenvalue weighted by Crippen LogP contribution is -2.23. The van der Waals surface area contributed by atoms with E-state index in [2.05, 4.69) is 34.1 Å². The maximum absolute atomic E-state index is 6.39. The molecule has 1 atom stereocenters. The van der Waals surface area contributed by atoms with E-state index in [1.807, 2.05) is 18.5 Å². The fraction of sp³-hybridized carbons (Fsp3) is 0.353. The van der Waals surface area contributed by atoms with E-state index in [9.17, 15) is 0 Å². The molecular formula is C17H20ClN3. The molecule has 0 amide bonds. The highest BCUT2D eigenvalue weighted by Gasteiger charge is 2.26. The van der Waals surface area contributed by atoms with Crippen molar-refractivity contribution < 1.29 is 0 Å². The minimum Gasteiger partial charge on any atom is -0.326 e. The lowest BCUT2D eigenvalue weighted by Gasteiger charge is -2.25. The van der Waals surface area contributed by atoms with E-state index < -0.39 is 0 Å². The molecular weight excluding hydrogens is 282 g/mol. The van der Waals surface area contributed by atoms with Crippen molar-refractivity contribution in [1.29, 1.82) is 0 Å². The molecule has 2 N–H and O–H groups in total. The highest BCUT2D eigenvalue weighted by atomic mass is 35.5. The number of rotatable bonds is 4. The molecule has 1 unspecified atom stereocenters. The molecule has 1 aromatic carbocycles. The van der Waals surface area contributed by atoms with Crippen LogP contribution >= 0.6 is 11.6 Å². The molecule has 0 aliphatic carbocycles. The van der Waals surface area contributed by atoms with Gasteiger partial charge in [-0.2, -0.15) is 0 Å². The number of nitrogens with zero attached hydrogens (tertiary/aromatic N) is 2. The Morgan fingerprint density at radius 2 is 2.05 bits per heavy atom. The minimum absolute atomic E-state index is 0.471. The smallest absolute Gasteiger partial charge is 0.0454 e. The van der Waals surface area contributed by atoms with E-state index >= 15 is 0 Å². The maximum atomic E-state index is 6.39. The van der Waals surface area contributed by atoms with Crippen LogP contribution in [0.3, 0.4) is 0 Å². The van der Waals surface area contributed by atoms with Crippen molar-refractivity contribution in [3.63, 3.8) is 0 Å². The molecule has 3 nitrogen and oxygen atoms in total. The van der Waals surface area contributed by atoms with Crippen LogP contribution in [0.5, 0.6) is 0 Å². The summed E-state index contributed by atoms with van der Waals surface area (Å²) in [5, 5.41) is 0.818. The number of hydrogen-bond donors (Lipinski definition) is 1. The number of pyridine rings is 1. The minimum atomic E-state index is 0.471. The second-order valence-electron chi connectivity index (χ2n) is 5.54. The zero-order valence-corrected chi connectivity index (χ0v) is 12.8. The van der Waals surface area contributed by atoms with E-state index in [1.54, 1.807) is 0 Å². The van der Waals surface area contributed by atoms with Crippen LogP contribution in [0.25, 0.3) is 0 Å². The van der Waals surface area contributed by atoms with Gasteiger partial charge in [-0.3, -0.25) is 9.88 Å². The summed E-state index contributed by atoms with van der Waals surface area (Å²) >= 11 is 6.39. The Morgan fingerprint density at radius 3 is 2.76 bits per heavy atom. The van der Waals surface area contributed by atoms with Gasteiger partial charge >= 0.3 is 0 Å². The quantitative estimate of drug-likeness (QED) is 0.939. The van der Waals surface area contributed by atoms with E-state index in [4.69, 9.17) is 17.3 Å². The largest absolute Gasteiger partial charge is 0.326 e. The summed E-state index contributed by atoms with van der Waals surface area (Å²) in [7, 11) is 0. The monoisotopic (exact) mass is 301 g/mol. The number of aromatic nitrogens is 1. The average molecular weight is 302 g/mol. The summed E-state index contributed by atoms with van der Waals surface area (Å²) in [6.45, 7) is 2.53. The second kappa shape index (κ2) is 6.56. The van der Waals surface area contributed by atoms with Crippen LogP contribution in [0.4, 0.5) is 0 Å². The van der Waals surface area contributed by atoms with Gasteiger partial charge in [0, 0.05) is 36.5 Å². The van der Waals surface area contributed by atoms with Gasteiger partial charge in [0.1, 0.15) is 0 Å². The van der Waals surface area contributed by atoms with Crippen LogP contribution in [0.2, 0.25) is 5.02 Å². The third kappa shape index (κ3) is 3.26. The molecule has 21 heavy (non-hydrogen) atoms. The van der Waals surface area contributed by atoms with Gasteiger partial charge in [-0.15, -0.1) is 0 Å². The van der Waals surface area contributed by atoms with Gasteiger partial charge in [-0.05, 0) is 54.3 Å². The van der Waals surface area contributed by atoms with Crippen molar-refractivity contribution in [3.8, 4) is 0 Å². The first-order valence-electron chi connectivity index (χ1n) is 7.39. The van der Waals surface area contributed by atoms with E-state index in [0.29, 0.717) is 12.6 Å². The molecule has 0 bridgehead atoms. The first-order chi connectivity index (χ1) is 10.3. The Labute approximate surface area is 130 Å². The predicted octanol–water partition coefficient (Wildman–Crippen LogP) is 3.53. The van der Waals surface area contributed by atoms with Crippen LogP contribution < -0.4 is 5.73 Å². The Hall–Kier alpha value is -1.42. The van der Waals surface area contributed by atoms with E-state index in [1.165, 1.54) is 24.0 Å². The number of benzene rings is 1. The number of halogens is 1. The summed E-state index contributed by atoms with van der Waals surface area (Å²) in [6.07, 6.45) is 6.16. The third-order valence-electron chi connectivity index (χ3n) is 4.18. The van der Waals surface area contributed by atoms with Crippen molar-refractivity contribution >= 4 is 11.6 Å². The number of likely N-dealkylation sites (tertiary alicyclic amines) is 1. The zero-order valence-electron chi connectivity index (χ0n) is 12.0. The molecule has 1 aromatic heterocycles. The SMILES string of the molecule is NCc1ccc(CN2CCCC2c2ccncc2)c(Cl)c1. The molecule has 2 heterocycles. The van der Waals surface area contributed by atoms with Crippen molar-refractivity contribution in [3.05, 3.63) is 64.4 Å². The van der Waals surface area contributed by atoms with Gasteiger partial charge in [-0.25, -0.2) is 0 Å². The molecule has 0 saturated carbocycles. The van der Waals surface area contributed by atoms with Gasteiger partial charge in [0.25, 0.3) is 0 Å². The van der Waals surface area contributed by atoms with Crippen LogP contribution in [0.1, 0.15) is 35.6 Å². The summed E-state index contributed by atoms with van der Waals surface area (Å²) in [4.78, 5) is 6.61. The molecule has 3 rings (SSSR count). The Kier molecular flexibility index (Phi) is 4.54. The average Bonchev–Trinajstić information content (AvgIpc) is 2.98. The summed E-state index contributed by atoms with van der Waals surface area (Å²) in [5.41, 5.74) is 9.26. The molecule has 1 aliphatic heterocycles. The molecule has 0 spiro atoms. The van der Waals surface area contributed by atoms with Crippen molar-refractivity contribution in [1.82, 2.24) is 9.88 Å². The van der Waals surface area contributed by atoms with Crippen LogP contribution in [0, 0.1) is 0 Å². The van der Waals surface area contributed by atoms with Crippen LogP contribution in [-0.4, -0.2) is 16.4 Å². The molecule has 0 radical (unpaired) electrons. The maximum Gasteiger partial charge on any atom is 0.0454 e. The third-order valence-corrected chi connectivity index (χ3v) is 4.53. The number of nitrogens with two attached hydrogens (primary N) is 1. The van der Waals surface area contributed by atoms with Crippen LogP contribution in [0.15, 0.2) is 42.7 Å². The zero-order chi connectivity index (χ0) is 14.7. The van der Waals surface area contributed by atoms with Gasteiger partial charge in [0.2, 0.25) is 0 Å². The summed E-state index contributed by atoms with van der Waals surface area (Å²) in [5.74, 6) is 0. The highest BCUT2D eigenvalue weighted by molar-refractivity contribution is 6.31. The lowest BCUT2D eigenvalue weighted by molar-refractivity contribution is 0.248. The first-order valence-corrected chi connectivity index (χ1v) is 7.77. The van der Waals surface area contributed by atoms with Gasteiger partial charge in [0.05, 0.1) is 0 Å². The molecule has 1 saturated heterocycles. The Balaban J connectivity index is 1.78. The lowest BCUT2D eigenvalue weighted by atomic mass is 10.1. The van der Waals surface area contributed by atoms with Crippen molar-refractivity contribution in [2.24, 2.45) is 5.73 Å². The summed E-state index contributed by atoms with van der Waals surface area (Å²) < 4.78 is 0. The van der Waals surface area contributed by atoms with Gasteiger partial charge < -0.3 is 5.73 Å². The molecule has 1 aliphatic rings. The standard InChI is InChI=1S/C17H20ClN3/c18-16-10-13(11-19)3-4-15(16)12-21-9-1-2-17(21)14-5-7-20-8-6-14/h3-8,10,17H,1-2,9,11-12,19H2. The second-order valence-corrected chi connectivity index (χ2v) is 5.95. The highest BCUT2D eigenvalue weighted by Crippen LogP contribution is 2.33. The molecule has 110 valence electrons.